The Hall–Kier alpha value is 0.706. The van der Waals surface area contributed by atoms with Gasteiger partial charge < -0.3 is 0 Å². The number of rotatable bonds is 0. The van der Waals surface area contributed by atoms with Gasteiger partial charge in [-0.15, -0.1) is 0 Å². The van der Waals surface area contributed by atoms with Crippen LogP contribution in [0.1, 0.15) is 27.8 Å². The second-order valence-electron chi connectivity index (χ2n) is 5.62. The van der Waals surface area contributed by atoms with Gasteiger partial charge in [-0.3, -0.25) is 0 Å². The van der Waals surface area contributed by atoms with Crippen LogP contribution in [-0.2, 0) is 16.2 Å². The van der Waals surface area contributed by atoms with Gasteiger partial charge in [0.15, 0.2) is 0 Å². The summed E-state index contributed by atoms with van der Waals surface area (Å²) >= 11 is -1.59. The number of aryl methyl sites for hydroxylation is 5. The summed E-state index contributed by atoms with van der Waals surface area (Å²) in [5.74, 6) is 4.46. The van der Waals surface area contributed by atoms with Crippen molar-refractivity contribution in [3.8, 4) is 0 Å². The van der Waals surface area contributed by atoms with Crippen molar-refractivity contribution < 1.29 is 16.2 Å². The first-order valence-corrected chi connectivity index (χ1v) is 25.0. The summed E-state index contributed by atoms with van der Waals surface area (Å²) in [5.41, 5.74) is 6.90. The molecule has 2 aromatic rings. The second kappa shape index (κ2) is 11.3. The van der Waals surface area contributed by atoms with Gasteiger partial charge in [0.1, 0.15) is 0 Å². The molecule has 0 N–H and O–H groups in total. The summed E-state index contributed by atoms with van der Waals surface area (Å²) in [5, 5.41) is 0. The first kappa shape index (κ1) is 21.7. The molecule has 0 saturated carbocycles. The Kier molecular flexibility index (Phi) is 11.7. The Morgan fingerprint density at radius 2 is 1.48 bits per heavy atom. The Balaban J connectivity index is 0.000000290. The van der Waals surface area contributed by atoms with Crippen LogP contribution in [0.5, 0.6) is 0 Å². The fraction of sp³-hybridized carbons (Fsp3) is 0.412. The zero-order valence-corrected chi connectivity index (χ0v) is 20.2. The zero-order chi connectivity index (χ0) is 16.6. The van der Waals surface area contributed by atoms with Crippen molar-refractivity contribution in [2.45, 2.75) is 46.1 Å². The van der Waals surface area contributed by atoms with Gasteiger partial charge in [-0.05, 0) is 0 Å². The molecule has 118 valence electrons. The summed E-state index contributed by atoms with van der Waals surface area (Å²) in [4.78, 5) is 0. The van der Waals surface area contributed by atoms with Gasteiger partial charge in [0.25, 0.3) is 0 Å². The normalized spacial score (nSPS) is 9.19. The van der Waals surface area contributed by atoms with Gasteiger partial charge in [0.2, 0.25) is 0 Å². The Morgan fingerprint density at radius 1 is 0.952 bits per heavy atom. The summed E-state index contributed by atoms with van der Waals surface area (Å²) < 4.78 is 0. The second-order valence-corrected chi connectivity index (χ2v) is 43.6. The van der Waals surface area contributed by atoms with Crippen LogP contribution >= 0.6 is 17.0 Å². The van der Waals surface area contributed by atoms with E-state index in [1.807, 2.05) is 0 Å². The molecule has 0 saturated heterocycles. The van der Waals surface area contributed by atoms with Crippen LogP contribution in [-0.4, -0.2) is 9.98 Å². The van der Waals surface area contributed by atoms with Crippen molar-refractivity contribution in [2.75, 3.05) is 0 Å². The minimum atomic E-state index is -1.59. The Bertz CT molecular complexity index is 525. The minimum absolute atomic E-state index is 0.735. The molecule has 0 spiro atoms. The predicted octanol–water partition coefficient (Wildman–Crippen LogP) is 6.52. The average molecular weight is 465 g/mol. The van der Waals surface area contributed by atoms with E-state index in [-0.39, 0.29) is 0 Å². The van der Waals surface area contributed by atoms with Crippen LogP contribution in [0.15, 0.2) is 30.3 Å². The van der Waals surface area contributed by atoms with E-state index >= 15 is 0 Å². The molecular formula is C17H26Cl2GeZr-2. The average Bonchev–Trinajstić information content (AvgIpc) is 2.86. The molecule has 2 rings (SSSR count). The Morgan fingerprint density at radius 3 is 1.57 bits per heavy atom. The zero-order valence-electron chi connectivity index (χ0n) is 14.1. The molecule has 4 heteroatoms. The van der Waals surface area contributed by atoms with Gasteiger partial charge >= 0.3 is 54.8 Å². The molecule has 21 heavy (non-hydrogen) atoms. The summed E-state index contributed by atoms with van der Waals surface area (Å²) in [6.07, 6.45) is 0. The molecule has 0 atom stereocenters. The third-order valence-corrected chi connectivity index (χ3v) is 37.4. The van der Waals surface area contributed by atoms with Gasteiger partial charge in [0, 0.05) is 0 Å². The van der Waals surface area contributed by atoms with Gasteiger partial charge in [0.05, 0.1) is 0 Å². The first-order valence-electron chi connectivity index (χ1n) is 7.02. The Labute approximate surface area is 146 Å². The quantitative estimate of drug-likeness (QED) is 0.307. The molecule has 2 aromatic carbocycles. The van der Waals surface area contributed by atoms with E-state index in [9.17, 15) is 0 Å². The maximum atomic E-state index is 5.65. The molecule has 0 heterocycles. The van der Waals surface area contributed by atoms with E-state index < -0.39 is 26.2 Å². The van der Waals surface area contributed by atoms with E-state index in [2.05, 4.69) is 76.5 Å². The van der Waals surface area contributed by atoms with E-state index in [4.69, 9.17) is 17.0 Å². The van der Waals surface area contributed by atoms with Crippen molar-refractivity contribution in [1.29, 1.82) is 0 Å². The van der Waals surface area contributed by atoms with Crippen LogP contribution < -0.4 is 0 Å². The molecule has 0 aliphatic carbocycles. The van der Waals surface area contributed by atoms with Crippen molar-refractivity contribution in [3.63, 3.8) is 0 Å². The van der Waals surface area contributed by atoms with E-state index in [0.717, 1.165) is 0 Å². The molecule has 0 nitrogen and oxygen atoms in total. The predicted molar refractivity (Wildman–Crippen MR) is 96.9 cm³/mol. The fourth-order valence-electron chi connectivity index (χ4n) is 1.67. The third-order valence-electron chi connectivity index (χ3n) is 2.95. The standard InChI is InChI=1S/C8H11.C7H9.C2H6Ge.2ClH.Zr/c1-6-4-7(2)8(3)5-6;1-6-3-4-7(2)5-6;1-3-2;;;/h4-5H,1-3H3;3-5H,1-2H3;1-2H3;2*1H;/q2*-1;;;;+2/p-2. The van der Waals surface area contributed by atoms with Crippen molar-refractivity contribution in [3.05, 3.63) is 58.1 Å². The molecule has 0 amide bonds. The monoisotopic (exact) mass is 464 g/mol. The number of hydrogen-bond acceptors (Lipinski definition) is 0. The van der Waals surface area contributed by atoms with Crippen LogP contribution in [0, 0.1) is 34.6 Å². The van der Waals surface area contributed by atoms with Crippen LogP contribution in [0.25, 0.3) is 0 Å². The summed E-state index contributed by atoms with van der Waals surface area (Å²) in [6, 6.07) is 10.8. The SMILES string of the molecule is Cc1c[cH-]c(C)c1.Cc1cc(C)c(C)[cH-]1.[CH3][Ge]([CH3])=[Zr]([Cl])[Cl]. The molecule has 0 aliphatic rings. The molecule has 0 unspecified atom stereocenters. The van der Waals surface area contributed by atoms with Crippen molar-refractivity contribution in [2.24, 2.45) is 0 Å². The van der Waals surface area contributed by atoms with E-state index in [1.54, 1.807) is 0 Å². The molecule has 0 fully saturated rings. The van der Waals surface area contributed by atoms with E-state index in [0.29, 0.717) is 0 Å². The van der Waals surface area contributed by atoms with Crippen LogP contribution in [0.2, 0.25) is 11.5 Å². The topological polar surface area (TPSA) is 0 Å². The number of halogens is 2. The summed E-state index contributed by atoms with van der Waals surface area (Å²) in [6.45, 7) is 10.6. The van der Waals surface area contributed by atoms with E-state index in [1.165, 1.54) is 27.8 Å². The molecular weight excluding hydrogens is 439 g/mol. The van der Waals surface area contributed by atoms with Gasteiger partial charge in [-0.1, -0.05) is 34.6 Å². The molecule has 0 aromatic heterocycles. The first-order chi connectivity index (χ1) is 9.63. The molecule has 0 radical (unpaired) electrons. The fourth-order valence-corrected chi connectivity index (χ4v) is 1.67. The molecule has 0 aliphatic heterocycles. The third kappa shape index (κ3) is 11.0. The summed E-state index contributed by atoms with van der Waals surface area (Å²) in [7, 11) is 10.6. The van der Waals surface area contributed by atoms with Gasteiger partial charge in [-0.25, -0.2) is 17.7 Å². The number of hydrogen-bond donors (Lipinski definition) is 0. The van der Waals surface area contributed by atoms with Crippen LogP contribution in [0.3, 0.4) is 0 Å². The van der Waals surface area contributed by atoms with Crippen molar-refractivity contribution >= 4 is 27.0 Å². The van der Waals surface area contributed by atoms with Gasteiger partial charge in [-0.2, -0.15) is 40.5 Å². The van der Waals surface area contributed by atoms with Crippen LogP contribution in [0.4, 0.5) is 0 Å². The van der Waals surface area contributed by atoms with Crippen molar-refractivity contribution in [1.82, 2.24) is 0 Å². The molecule has 0 bridgehead atoms. The maximum absolute atomic E-state index is 5.65.